The van der Waals surface area contributed by atoms with E-state index in [0.717, 1.165) is 44.5 Å². The van der Waals surface area contributed by atoms with Gasteiger partial charge >= 0.3 is 6.03 Å². The van der Waals surface area contributed by atoms with Crippen LogP contribution >= 0.6 is 0 Å². The van der Waals surface area contributed by atoms with E-state index in [4.69, 9.17) is 0 Å². The van der Waals surface area contributed by atoms with Gasteiger partial charge in [0.05, 0.1) is 12.2 Å². The first-order valence-corrected chi connectivity index (χ1v) is 10.3. The number of hydrogen-bond acceptors (Lipinski definition) is 3. The number of nitrogens with one attached hydrogen (secondary N) is 1. The van der Waals surface area contributed by atoms with Crippen LogP contribution in [-0.4, -0.2) is 52.9 Å². The average molecular weight is 370 g/mol. The number of rotatable bonds is 4. The first kappa shape index (κ1) is 18.3. The van der Waals surface area contributed by atoms with Crippen LogP contribution in [0.3, 0.4) is 0 Å². The second-order valence-electron chi connectivity index (χ2n) is 8.59. The normalized spacial score (nSPS) is 27.6. The number of likely N-dealkylation sites (tertiary alicyclic amines) is 1. The zero-order valence-electron chi connectivity index (χ0n) is 16.2. The molecule has 6 heteroatoms. The monoisotopic (exact) mass is 370 g/mol. The fourth-order valence-corrected chi connectivity index (χ4v) is 4.81. The van der Waals surface area contributed by atoms with Crippen LogP contribution in [0.4, 0.5) is 4.79 Å². The summed E-state index contributed by atoms with van der Waals surface area (Å²) in [5, 5.41) is 3.21. The predicted octanol–water partition coefficient (Wildman–Crippen LogP) is 2.79. The van der Waals surface area contributed by atoms with Gasteiger partial charge in [-0.15, -0.1) is 0 Å². The third kappa shape index (κ3) is 3.94. The molecule has 1 aliphatic heterocycles. The lowest BCUT2D eigenvalue weighted by atomic mass is 9.96. The molecule has 4 rings (SSSR count). The Morgan fingerprint density at radius 2 is 2.11 bits per heavy atom. The topological polar surface area (TPSA) is 65.5 Å². The SMILES string of the molecule is CN(Cc1ccccn1)C(=O)[C@@H]1C[C@@]12CCN(C(=O)NC1CCCCC1)C2. The molecule has 0 aromatic carbocycles. The van der Waals surface area contributed by atoms with Crippen molar-refractivity contribution < 1.29 is 9.59 Å². The van der Waals surface area contributed by atoms with Crippen LogP contribution in [0, 0.1) is 11.3 Å². The Balaban J connectivity index is 1.28. The molecule has 0 unspecified atom stereocenters. The largest absolute Gasteiger partial charge is 0.340 e. The van der Waals surface area contributed by atoms with Gasteiger partial charge in [0.15, 0.2) is 0 Å². The smallest absolute Gasteiger partial charge is 0.317 e. The van der Waals surface area contributed by atoms with Crippen LogP contribution in [0.25, 0.3) is 0 Å². The van der Waals surface area contributed by atoms with Crippen molar-refractivity contribution >= 4 is 11.9 Å². The minimum atomic E-state index is 0.0133. The van der Waals surface area contributed by atoms with E-state index >= 15 is 0 Å². The molecule has 0 radical (unpaired) electrons. The van der Waals surface area contributed by atoms with E-state index in [1.165, 1.54) is 19.3 Å². The van der Waals surface area contributed by atoms with Gasteiger partial charge in [0.2, 0.25) is 5.91 Å². The summed E-state index contributed by atoms with van der Waals surface area (Å²) in [6.45, 7) is 2.03. The average Bonchev–Trinajstić information content (AvgIpc) is 3.21. The maximum absolute atomic E-state index is 12.8. The number of urea groups is 1. The zero-order chi connectivity index (χ0) is 18.9. The molecule has 27 heavy (non-hydrogen) atoms. The van der Waals surface area contributed by atoms with Gasteiger partial charge in [-0.1, -0.05) is 25.3 Å². The fourth-order valence-electron chi connectivity index (χ4n) is 4.81. The molecule has 1 aromatic rings. The van der Waals surface area contributed by atoms with E-state index in [1.807, 2.05) is 30.1 Å². The van der Waals surface area contributed by atoms with E-state index in [9.17, 15) is 9.59 Å². The minimum absolute atomic E-state index is 0.0133. The van der Waals surface area contributed by atoms with Crippen molar-refractivity contribution in [2.75, 3.05) is 20.1 Å². The molecule has 1 aromatic heterocycles. The summed E-state index contributed by atoms with van der Waals surface area (Å²) in [5.74, 6) is 0.244. The number of aromatic nitrogens is 1. The highest BCUT2D eigenvalue weighted by Crippen LogP contribution is 2.59. The highest BCUT2D eigenvalue weighted by Gasteiger charge is 2.62. The maximum atomic E-state index is 12.8. The van der Waals surface area contributed by atoms with Gasteiger partial charge in [0.1, 0.15) is 0 Å². The van der Waals surface area contributed by atoms with Crippen LogP contribution in [0.5, 0.6) is 0 Å². The first-order valence-electron chi connectivity index (χ1n) is 10.3. The van der Waals surface area contributed by atoms with Crippen molar-refractivity contribution in [3.63, 3.8) is 0 Å². The Hall–Kier alpha value is -2.11. The van der Waals surface area contributed by atoms with Crippen molar-refractivity contribution in [1.29, 1.82) is 0 Å². The molecule has 2 aliphatic carbocycles. The van der Waals surface area contributed by atoms with E-state index in [2.05, 4.69) is 10.3 Å². The van der Waals surface area contributed by atoms with Gasteiger partial charge < -0.3 is 15.1 Å². The van der Waals surface area contributed by atoms with Crippen molar-refractivity contribution in [3.05, 3.63) is 30.1 Å². The molecule has 2 atom stereocenters. The lowest BCUT2D eigenvalue weighted by Gasteiger charge is -2.26. The van der Waals surface area contributed by atoms with Gasteiger partial charge in [-0.05, 0) is 37.8 Å². The highest BCUT2D eigenvalue weighted by molar-refractivity contribution is 5.83. The highest BCUT2D eigenvalue weighted by atomic mass is 16.2. The molecule has 3 aliphatic rings. The first-order chi connectivity index (χ1) is 13.1. The maximum Gasteiger partial charge on any atom is 0.317 e. The van der Waals surface area contributed by atoms with E-state index in [0.29, 0.717) is 12.6 Å². The summed E-state index contributed by atoms with van der Waals surface area (Å²) in [6, 6.07) is 6.17. The number of pyridine rings is 1. The van der Waals surface area contributed by atoms with Crippen LogP contribution < -0.4 is 5.32 Å². The molecular formula is C21H30N4O2. The molecule has 146 valence electrons. The molecule has 1 spiro atoms. The number of carbonyl (C=O) groups is 2. The van der Waals surface area contributed by atoms with Gasteiger partial charge in [-0.3, -0.25) is 9.78 Å². The fraction of sp³-hybridized carbons (Fsp3) is 0.667. The second kappa shape index (κ2) is 7.49. The van der Waals surface area contributed by atoms with Crippen molar-refractivity contribution in [2.24, 2.45) is 11.3 Å². The molecule has 2 heterocycles. The lowest BCUT2D eigenvalue weighted by Crippen LogP contribution is -2.44. The zero-order valence-corrected chi connectivity index (χ0v) is 16.2. The number of amides is 3. The van der Waals surface area contributed by atoms with Crippen molar-refractivity contribution in [3.8, 4) is 0 Å². The van der Waals surface area contributed by atoms with Crippen molar-refractivity contribution in [1.82, 2.24) is 20.1 Å². The second-order valence-corrected chi connectivity index (χ2v) is 8.59. The minimum Gasteiger partial charge on any atom is -0.340 e. The van der Waals surface area contributed by atoms with Gasteiger partial charge in [0.25, 0.3) is 0 Å². The van der Waals surface area contributed by atoms with Crippen LogP contribution in [0.2, 0.25) is 0 Å². The summed E-state index contributed by atoms with van der Waals surface area (Å²) in [7, 11) is 1.85. The Morgan fingerprint density at radius 1 is 1.30 bits per heavy atom. The van der Waals surface area contributed by atoms with Gasteiger partial charge in [0, 0.05) is 43.7 Å². The van der Waals surface area contributed by atoms with Crippen LogP contribution in [-0.2, 0) is 11.3 Å². The quantitative estimate of drug-likeness (QED) is 0.886. The Bertz CT molecular complexity index is 689. The Labute approximate surface area is 161 Å². The molecule has 1 saturated heterocycles. The summed E-state index contributed by atoms with van der Waals surface area (Å²) < 4.78 is 0. The molecule has 0 bridgehead atoms. The molecule has 3 fully saturated rings. The third-order valence-electron chi connectivity index (χ3n) is 6.59. The molecule has 6 nitrogen and oxygen atoms in total. The van der Waals surface area contributed by atoms with E-state index in [1.54, 1.807) is 11.1 Å². The number of nitrogens with zero attached hydrogens (tertiary/aromatic N) is 3. The van der Waals surface area contributed by atoms with Crippen LogP contribution in [0.15, 0.2) is 24.4 Å². The number of carbonyl (C=O) groups excluding carboxylic acids is 2. The predicted molar refractivity (Wildman–Crippen MR) is 103 cm³/mol. The number of hydrogen-bond donors (Lipinski definition) is 1. The van der Waals surface area contributed by atoms with Crippen LogP contribution in [0.1, 0.15) is 50.6 Å². The third-order valence-corrected chi connectivity index (χ3v) is 6.59. The molecular weight excluding hydrogens is 340 g/mol. The lowest BCUT2D eigenvalue weighted by molar-refractivity contribution is -0.132. The standard InChI is InChI=1S/C21H30N4O2/c1-24(14-17-9-5-6-11-22-17)19(26)18-13-21(18)10-12-25(15-21)20(27)23-16-7-3-2-4-8-16/h5-6,9,11,16,18H,2-4,7-8,10,12-15H2,1H3,(H,23,27)/t18-,21+/m0/s1. The Kier molecular flexibility index (Phi) is 5.06. The Morgan fingerprint density at radius 3 is 2.85 bits per heavy atom. The summed E-state index contributed by atoms with van der Waals surface area (Å²) in [4.78, 5) is 33.5. The molecule has 3 amide bonds. The van der Waals surface area contributed by atoms with Crippen molar-refractivity contribution in [2.45, 2.75) is 57.5 Å². The van der Waals surface area contributed by atoms with Gasteiger partial charge in [-0.2, -0.15) is 0 Å². The summed E-state index contributed by atoms with van der Waals surface area (Å²) >= 11 is 0. The van der Waals surface area contributed by atoms with E-state index in [-0.39, 0.29) is 23.3 Å². The van der Waals surface area contributed by atoms with Gasteiger partial charge in [-0.25, -0.2) is 4.79 Å². The van der Waals surface area contributed by atoms with E-state index < -0.39 is 0 Å². The summed E-state index contributed by atoms with van der Waals surface area (Å²) in [5.41, 5.74) is 0.919. The summed E-state index contributed by atoms with van der Waals surface area (Å²) in [6.07, 6.45) is 9.53. The molecule has 2 saturated carbocycles. The molecule has 1 N–H and O–H groups in total.